The van der Waals surface area contributed by atoms with Crippen molar-refractivity contribution in [3.8, 4) is 5.75 Å². The zero-order valence-electron chi connectivity index (χ0n) is 12.2. The summed E-state index contributed by atoms with van der Waals surface area (Å²) in [4.78, 5) is 0. The second-order valence-corrected chi connectivity index (χ2v) is 5.01. The first-order valence-corrected chi connectivity index (χ1v) is 6.86. The number of rotatable bonds is 5. The van der Waals surface area contributed by atoms with Gasteiger partial charge in [0.25, 0.3) is 0 Å². The SMILES string of the molecule is COc1ccccc1C(CN)C(O)c1cccc(C)c1F. The number of methoxy groups -OCH3 is 1. The van der Waals surface area contributed by atoms with E-state index in [1.807, 2.05) is 18.2 Å². The van der Waals surface area contributed by atoms with E-state index in [0.29, 0.717) is 11.3 Å². The first-order chi connectivity index (χ1) is 10.1. The van der Waals surface area contributed by atoms with Crippen LogP contribution in [0.1, 0.15) is 28.7 Å². The second kappa shape index (κ2) is 6.70. The van der Waals surface area contributed by atoms with Gasteiger partial charge in [-0.25, -0.2) is 4.39 Å². The molecule has 3 nitrogen and oxygen atoms in total. The standard InChI is InChI=1S/C17H20FNO2/c1-11-6-5-8-13(16(11)18)17(20)14(10-19)12-7-3-4-9-15(12)21-2/h3-9,14,17,20H,10,19H2,1-2H3. The average Bonchev–Trinajstić information content (AvgIpc) is 2.51. The summed E-state index contributed by atoms with van der Waals surface area (Å²) in [5, 5.41) is 10.6. The third kappa shape index (κ3) is 3.06. The van der Waals surface area contributed by atoms with Crippen LogP contribution >= 0.6 is 0 Å². The highest BCUT2D eigenvalue weighted by Crippen LogP contribution is 2.36. The maximum Gasteiger partial charge on any atom is 0.131 e. The lowest BCUT2D eigenvalue weighted by Crippen LogP contribution is -2.21. The Labute approximate surface area is 124 Å². The van der Waals surface area contributed by atoms with E-state index in [4.69, 9.17) is 10.5 Å². The van der Waals surface area contributed by atoms with Crippen molar-refractivity contribution in [1.29, 1.82) is 0 Å². The molecule has 21 heavy (non-hydrogen) atoms. The lowest BCUT2D eigenvalue weighted by molar-refractivity contribution is 0.141. The van der Waals surface area contributed by atoms with Gasteiger partial charge in [-0.05, 0) is 18.6 Å². The molecular formula is C17H20FNO2. The van der Waals surface area contributed by atoms with E-state index in [0.717, 1.165) is 5.56 Å². The molecule has 0 aliphatic rings. The summed E-state index contributed by atoms with van der Waals surface area (Å²) in [5.74, 6) is -0.184. The van der Waals surface area contributed by atoms with Gasteiger partial charge in [0.05, 0.1) is 13.2 Å². The Hall–Kier alpha value is -1.91. The number of para-hydroxylation sites is 1. The molecule has 0 saturated carbocycles. The van der Waals surface area contributed by atoms with Gasteiger partial charge in [-0.15, -0.1) is 0 Å². The molecule has 2 aromatic carbocycles. The monoisotopic (exact) mass is 289 g/mol. The molecule has 2 aromatic rings. The number of hydrogen-bond acceptors (Lipinski definition) is 3. The van der Waals surface area contributed by atoms with Crippen molar-refractivity contribution in [2.45, 2.75) is 18.9 Å². The topological polar surface area (TPSA) is 55.5 Å². The van der Waals surface area contributed by atoms with Gasteiger partial charge >= 0.3 is 0 Å². The van der Waals surface area contributed by atoms with Crippen LogP contribution in [0, 0.1) is 12.7 Å². The number of aliphatic hydroxyl groups is 1. The molecule has 0 heterocycles. The van der Waals surface area contributed by atoms with Crippen molar-refractivity contribution in [3.05, 3.63) is 65.0 Å². The van der Waals surface area contributed by atoms with E-state index in [1.165, 1.54) is 0 Å². The van der Waals surface area contributed by atoms with E-state index in [2.05, 4.69) is 0 Å². The van der Waals surface area contributed by atoms with Crippen molar-refractivity contribution < 1.29 is 14.2 Å². The average molecular weight is 289 g/mol. The Morgan fingerprint density at radius 3 is 2.48 bits per heavy atom. The minimum absolute atomic E-state index is 0.189. The number of aliphatic hydroxyl groups excluding tert-OH is 1. The molecule has 2 atom stereocenters. The highest BCUT2D eigenvalue weighted by molar-refractivity contribution is 5.39. The summed E-state index contributed by atoms with van der Waals surface area (Å²) in [7, 11) is 1.56. The van der Waals surface area contributed by atoms with Crippen LogP contribution in [0.2, 0.25) is 0 Å². The zero-order valence-corrected chi connectivity index (χ0v) is 12.2. The van der Waals surface area contributed by atoms with E-state index in [-0.39, 0.29) is 12.1 Å². The van der Waals surface area contributed by atoms with E-state index >= 15 is 0 Å². The van der Waals surface area contributed by atoms with Crippen molar-refractivity contribution in [1.82, 2.24) is 0 Å². The van der Waals surface area contributed by atoms with Crippen LogP contribution < -0.4 is 10.5 Å². The Bertz CT molecular complexity index is 615. The predicted octanol–water partition coefficient (Wildman–Crippen LogP) is 2.92. The minimum atomic E-state index is -1.02. The summed E-state index contributed by atoms with van der Waals surface area (Å²) in [6, 6.07) is 12.3. The van der Waals surface area contributed by atoms with Gasteiger partial charge in [0, 0.05) is 23.6 Å². The second-order valence-electron chi connectivity index (χ2n) is 5.01. The molecule has 0 spiro atoms. The van der Waals surface area contributed by atoms with Crippen molar-refractivity contribution in [2.24, 2.45) is 5.73 Å². The van der Waals surface area contributed by atoms with Crippen LogP contribution in [0.4, 0.5) is 4.39 Å². The summed E-state index contributed by atoms with van der Waals surface area (Å²) in [6.07, 6.45) is -1.02. The quantitative estimate of drug-likeness (QED) is 0.890. The first-order valence-electron chi connectivity index (χ1n) is 6.86. The van der Waals surface area contributed by atoms with Gasteiger partial charge in [-0.2, -0.15) is 0 Å². The molecular weight excluding hydrogens is 269 g/mol. The van der Waals surface area contributed by atoms with Crippen LogP contribution in [0.3, 0.4) is 0 Å². The maximum absolute atomic E-state index is 14.2. The molecule has 0 bridgehead atoms. The first kappa shape index (κ1) is 15.5. The molecule has 0 aromatic heterocycles. The largest absolute Gasteiger partial charge is 0.496 e. The Morgan fingerprint density at radius 2 is 1.81 bits per heavy atom. The van der Waals surface area contributed by atoms with Gasteiger partial charge in [-0.1, -0.05) is 36.4 Å². The molecule has 2 unspecified atom stereocenters. The molecule has 2 rings (SSSR count). The molecule has 0 saturated heterocycles. The molecule has 0 aliphatic heterocycles. The van der Waals surface area contributed by atoms with Crippen LogP contribution in [0.5, 0.6) is 5.75 Å². The van der Waals surface area contributed by atoms with Crippen molar-refractivity contribution in [3.63, 3.8) is 0 Å². The Balaban J connectivity index is 2.43. The van der Waals surface area contributed by atoms with Crippen LogP contribution in [-0.2, 0) is 0 Å². The number of nitrogens with two attached hydrogens (primary N) is 1. The van der Waals surface area contributed by atoms with Crippen LogP contribution in [-0.4, -0.2) is 18.8 Å². The third-order valence-electron chi connectivity index (χ3n) is 3.71. The number of benzene rings is 2. The van der Waals surface area contributed by atoms with Gasteiger partial charge in [-0.3, -0.25) is 0 Å². The normalized spacial score (nSPS) is 13.8. The molecule has 0 radical (unpaired) electrons. The summed E-state index contributed by atoms with van der Waals surface area (Å²) >= 11 is 0. The highest BCUT2D eigenvalue weighted by Gasteiger charge is 2.26. The number of aryl methyl sites for hydroxylation is 1. The van der Waals surface area contributed by atoms with Gasteiger partial charge in [0.2, 0.25) is 0 Å². The Kier molecular flexibility index (Phi) is 4.94. The fourth-order valence-electron chi connectivity index (χ4n) is 2.51. The minimum Gasteiger partial charge on any atom is -0.496 e. The van der Waals surface area contributed by atoms with E-state index in [9.17, 15) is 9.50 Å². The van der Waals surface area contributed by atoms with Crippen molar-refractivity contribution >= 4 is 0 Å². The fourth-order valence-corrected chi connectivity index (χ4v) is 2.51. The Morgan fingerprint density at radius 1 is 1.14 bits per heavy atom. The third-order valence-corrected chi connectivity index (χ3v) is 3.71. The zero-order chi connectivity index (χ0) is 15.4. The van der Waals surface area contributed by atoms with E-state index < -0.39 is 17.8 Å². The molecule has 0 fully saturated rings. The fraction of sp³-hybridized carbons (Fsp3) is 0.294. The summed E-state index contributed by atoms with van der Waals surface area (Å²) < 4.78 is 19.5. The molecule has 0 amide bonds. The molecule has 0 aliphatic carbocycles. The maximum atomic E-state index is 14.2. The highest BCUT2D eigenvalue weighted by atomic mass is 19.1. The predicted molar refractivity (Wildman–Crippen MR) is 80.9 cm³/mol. The molecule has 3 N–H and O–H groups in total. The van der Waals surface area contributed by atoms with Crippen LogP contribution in [0.25, 0.3) is 0 Å². The lowest BCUT2D eigenvalue weighted by atomic mass is 9.88. The molecule has 4 heteroatoms. The van der Waals surface area contributed by atoms with Gasteiger partial charge < -0.3 is 15.6 Å². The van der Waals surface area contributed by atoms with Gasteiger partial charge in [0.1, 0.15) is 11.6 Å². The van der Waals surface area contributed by atoms with Gasteiger partial charge in [0.15, 0.2) is 0 Å². The number of ether oxygens (including phenoxy) is 1. The lowest BCUT2D eigenvalue weighted by Gasteiger charge is -2.24. The smallest absolute Gasteiger partial charge is 0.131 e. The summed E-state index contributed by atoms with van der Waals surface area (Å²) in [5.41, 5.74) is 7.35. The number of hydrogen-bond donors (Lipinski definition) is 2. The van der Waals surface area contributed by atoms with Crippen LogP contribution in [0.15, 0.2) is 42.5 Å². The summed E-state index contributed by atoms with van der Waals surface area (Å²) in [6.45, 7) is 1.86. The molecule has 112 valence electrons. The number of halogens is 1. The van der Waals surface area contributed by atoms with Crippen molar-refractivity contribution in [2.75, 3.05) is 13.7 Å². The van der Waals surface area contributed by atoms with E-state index in [1.54, 1.807) is 38.3 Å².